The molecule has 5 aromatic rings. The minimum atomic E-state index is -0.692. The molecule has 0 unspecified atom stereocenters. The summed E-state index contributed by atoms with van der Waals surface area (Å²) in [6.45, 7) is 0.582. The van der Waals surface area contributed by atoms with E-state index in [0.29, 0.717) is 41.2 Å². The third-order valence-corrected chi connectivity index (χ3v) is 6.77. The monoisotopic (exact) mass is 540 g/mol. The molecule has 6 rings (SSSR count). The average Bonchev–Trinajstić information content (AvgIpc) is 3.60. The van der Waals surface area contributed by atoms with Gasteiger partial charge < -0.3 is 9.64 Å². The minimum Gasteiger partial charge on any atom is -0.452 e. The molecule has 8 nitrogen and oxygen atoms in total. The summed E-state index contributed by atoms with van der Waals surface area (Å²) in [5, 5.41) is 4.24. The van der Waals surface area contributed by atoms with Crippen LogP contribution >= 0.6 is 0 Å². The molecule has 200 valence electrons. The van der Waals surface area contributed by atoms with Gasteiger partial charge in [0.25, 0.3) is 5.56 Å². The number of ether oxygens (including phenoxy) is 1. The van der Waals surface area contributed by atoms with Crippen molar-refractivity contribution in [3.63, 3.8) is 0 Å². The van der Waals surface area contributed by atoms with Crippen LogP contribution < -0.4 is 15.2 Å². The standard InChI is InChI=1S/C30H22F2N4O4/c31-20-6-8-21(9-7-20)35-14-1-3-23(30(35)39)26(37)16-19-5-10-27(24(32)15-19)40-28-17-22(34-13-2-4-29(34)38)18-36-25(28)11-12-33-36/h1,3,5-12,14-15,17-18H,2,4,13,16H2. The van der Waals surface area contributed by atoms with Gasteiger partial charge in [-0.05, 0) is 66.6 Å². The maximum atomic E-state index is 15.2. The lowest BCUT2D eigenvalue weighted by Crippen LogP contribution is -2.25. The molecule has 3 aromatic heterocycles. The molecular weight excluding hydrogens is 518 g/mol. The van der Waals surface area contributed by atoms with E-state index in [-0.39, 0.29) is 23.6 Å². The predicted molar refractivity (Wildman–Crippen MR) is 143 cm³/mol. The van der Waals surface area contributed by atoms with Gasteiger partial charge in [0.2, 0.25) is 5.91 Å². The maximum absolute atomic E-state index is 15.2. The van der Waals surface area contributed by atoms with Crippen molar-refractivity contribution in [1.82, 2.24) is 14.2 Å². The Hall–Kier alpha value is -5.12. The van der Waals surface area contributed by atoms with Crippen molar-refractivity contribution < 1.29 is 23.1 Å². The first-order chi connectivity index (χ1) is 19.4. The second-order valence-electron chi connectivity index (χ2n) is 9.41. The molecule has 0 spiro atoms. The zero-order valence-electron chi connectivity index (χ0n) is 21.1. The van der Waals surface area contributed by atoms with E-state index in [2.05, 4.69) is 5.10 Å². The van der Waals surface area contributed by atoms with Crippen molar-refractivity contribution in [1.29, 1.82) is 0 Å². The molecule has 1 amide bonds. The fraction of sp³-hybridized carbons (Fsp3) is 0.133. The van der Waals surface area contributed by atoms with E-state index in [0.717, 1.165) is 6.42 Å². The highest BCUT2D eigenvalue weighted by Crippen LogP contribution is 2.33. The molecule has 1 saturated heterocycles. The quantitative estimate of drug-likeness (QED) is 0.268. The maximum Gasteiger partial charge on any atom is 0.265 e. The molecule has 0 bridgehead atoms. The summed E-state index contributed by atoms with van der Waals surface area (Å²) in [6, 6.07) is 15.9. The molecule has 2 aromatic carbocycles. The third-order valence-electron chi connectivity index (χ3n) is 6.77. The highest BCUT2D eigenvalue weighted by atomic mass is 19.1. The average molecular weight is 541 g/mol. The van der Waals surface area contributed by atoms with Crippen LogP contribution in [-0.4, -0.2) is 32.4 Å². The van der Waals surface area contributed by atoms with Crippen LogP contribution in [-0.2, 0) is 11.2 Å². The van der Waals surface area contributed by atoms with Gasteiger partial charge in [0.15, 0.2) is 23.1 Å². The van der Waals surface area contributed by atoms with Crippen molar-refractivity contribution in [2.45, 2.75) is 19.3 Å². The number of rotatable bonds is 7. The summed E-state index contributed by atoms with van der Waals surface area (Å²) in [6.07, 6.45) is 5.80. The smallest absolute Gasteiger partial charge is 0.265 e. The van der Waals surface area contributed by atoms with Crippen LogP contribution in [0, 0.1) is 11.6 Å². The Kier molecular flexibility index (Phi) is 6.43. The Morgan fingerprint density at radius 1 is 0.950 bits per heavy atom. The van der Waals surface area contributed by atoms with Gasteiger partial charge in [-0.25, -0.2) is 13.3 Å². The summed E-state index contributed by atoms with van der Waals surface area (Å²) < 4.78 is 37.2. The number of Topliss-reactive ketones (excluding diaryl/α,β-unsaturated/α-hetero) is 1. The molecule has 0 saturated carbocycles. The summed E-state index contributed by atoms with van der Waals surface area (Å²) in [5.74, 6) is -1.37. The number of nitrogens with zero attached hydrogens (tertiary/aromatic N) is 4. The molecule has 0 radical (unpaired) electrons. The van der Waals surface area contributed by atoms with Crippen LogP contribution in [0.4, 0.5) is 14.5 Å². The molecule has 4 heterocycles. The number of fused-ring (bicyclic) bond motifs is 1. The second-order valence-corrected chi connectivity index (χ2v) is 9.41. The van der Waals surface area contributed by atoms with Gasteiger partial charge in [-0.15, -0.1) is 0 Å². The molecule has 10 heteroatoms. The fourth-order valence-electron chi connectivity index (χ4n) is 4.78. The summed E-state index contributed by atoms with van der Waals surface area (Å²) in [7, 11) is 0. The predicted octanol–water partition coefficient (Wildman–Crippen LogP) is 5.11. The van der Waals surface area contributed by atoms with Gasteiger partial charge >= 0.3 is 0 Å². The van der Waals surface area contributed by atoms with E-state index in [1.165, 1.54) is 53.2 Å². The van der Waals surface area contributed by atoms with Gasteiger partial charge in [0.1, 0.15) is 11.3 Å². The first-order valence-electron chi connectivity index (χ1n) is 12.6. The second kappa shape index (κ2) is 10.2. The molecule has 0 N–H and O–H groups in total. The number of carbonyl (C=O) groups excluding carboxylic acids is 2. The van der Waals surface area contributed by atoms with E-state index in [4.69, 9.17) is 4.74 Å². The first kappa shape index (κ1) is 25.2. The number of ketones is 1. The van der Waals surface area contributed by atoms with E-state index in [1.807, 2.05) is 0 Å². The topological polar surface area (TPSA) is 85.9 Å². The molecule has 0 aliphatic carbocycles. The minimum absolute atomic E-state index is 0.000459. The van der Waals surface area contributed by atoms with Crippen LogP contribution in [0.2, 0.25) is 0 Å². The van der Waals surface area contributed by atoms with Gasteiger partial charge in [-0.2, -0.15) is 5.10 Å². The number of amides is 1. The van der Waals surface area contributed by atoms with Crippen molar-refractivity contribution in [3.8, 4) is 17.2 Å². The van der Waals surface area contributed by atoms with Crippen LogP contribution in [0.3, 0.4) is 0 Å². The van der Waals surface area contributed by atoms with Crippen LogP contribution in [0.25, 0.3) is 11.2 Å². The van der Waals surface area contributed by atoms with E-state index in [9.17, 15) is 18.8 Å². The Bertz CT molecular complexity index is 1830. The van der Waals surface area contributed by atoms with E-state index < -0.39 is 23.0 Å². The van der Waals surface area contributed by atoms with Crippen molar-refractivity contribution in [2.24, 2.45) is 0 Å². The summed E-state index contributed by atoms with van der Waals surface area (Å²) >= 11 is 0. The Morgan fingerprint density at radius 3 is 2.52 bits per heavy atom. The third kappa shape index (κ3) is 4.75. The van der Waals surface area contributed by atoms with Crippen molar-refractivity contribution in [2.75, 3.05) is 11.4 Å². The largest absolute Gasteiger partial charge is 0.452 e. The van der Waals surface area contributed by atoms with Gasteiger partial charge in [-0.3, -0.25) is 19.0 Å². The van der Waals surface area contributed by atoms with Crippen molar-refractivity contribution >= 4 is 22.9 Å². The highest BCUT2D eigenvalue weighted by Gasteiger charge is 2.24. The summed E-state index contributed by atoms with van der Waals surface area (Å²) in [4.78, 5) is 39.9. The number of carbonyl (C=O) groups is 2. The number of hydrogen-bond acceptors (Lipinski definition) is 5. The van der Waals surface area contributed by atoms with Gasteiger partial charge in [-0.1, -0.05) is 6.07 Å². The number of hydrogen-bond donors (Lipinski definition) is 0. The van der Waals surface area contributed by atoms with Crippen LogP contribution in [0.1, 0.15) is 28.8 Å². The lowest BCUT2D eigenvalue weighted by Gasteiger charge is -2.18. The molecule has 0 atom stereocenters. The molecule has 1 aliphatic rings. The zero-order valence-corrected chi connectivity index (χ0v) is 21.1. The van der Waals surface area contributed by atoms with Crippen LogP contribution in [0.15, 0.2) is 90.1 Å². The van der Waals surface area contributed by atoms with E-state index >= 15 is 4.39 Å². The Morgan fingerprint density at radius 2 is 1.77 bits per heavy atom. The lowest BCUT2D eigenvalue weighted by molar-refractivity contribution is -0.117. The Labute approximate surface area is 226 Å². The Balaban J connectivity index is 1.24. The lowest BCUT2D eigenvalue weighted by atomic mass is 10.0. The fourth-order valence-corrected chi connectivity index (χ4v) is 4.78. The van der Waals surface area contributed by atoms with E-state index in [1.54, 1.807) is 46.1 Å². The van der Waals surface area contributed by atoms with Gasteiger partial charge in [0, 0.05) is 37.3 Å². The van der Waals surface area contributed by atoms with Crippen molar-refractivity contribution in [3.05, 3.63) is 118 Å². The van der Waals surface area contributed by atoms with Crippen LogP contribution in [0.5, 0.6) is 11.5 Å². The highest BCUT2D eigenvalue weighted by molar-refractivity contribution is 5.97. The molecule has 40 heavy (non-hydrogen) atoms. The zero-order chi connectivity index (χ0) is 27.8. The number of pyridine rings is 2. The number of halogens is 2. The first-order valence-corrected chi connectivity index (χ1v) is 12.6. The molecular formula is C30H22F2N4O4. The number of aromatic nitrogens is 3. The number of anilines is 1. The van der Waals surface area contributed by atoms with Gasteiger partial charge in [0.05, 0.1) is 23.6 Å². The number of benzene rings is 2. The SMILES string of the molecule is O=C(Cc1ccc(Oc2cc(N3CCCC3=O)cn3nccc23)c(F)c1)c1cccn(-c2ccc(F)cc2)c1=O. The molecule has 1 aliphatic heterocycles. The normalized spacial score (nSPS) is 13.2. The molecule has 1 fully saturated rings. The summed E-state index contributed by atoms with van der Waals surface area (Å²) in [5.41, 5.74) is 1.35.